The van der Waals surface area contributed by atoms with Gasteiger partial charge in [-0.1, -0.05) is 56.1 Å². The monoisotopic (exact) mass is 388 g/mol. The van der Waals surface area contributed by atoms with E-state index in [0.29, 0.717) is 0 Å². The molecule has 2 aromatic carbocycles. The highest BCUT2D eigenvalue weighted by atomic mass is 79.9. The fourth-order valence-corrected chi connectivity index (χ4v) is 3.43. The molecular weight excluding hydrogens is 379 g/mol. The molecule has 0 heterocycles. The first kappa shape index (κ1) is 13.9. The molecule has 0 fully saturated rings. The third kappa shape index (κ3) is 2.90. The maximum Gasteiger partial charge on any atom is 0.120 e. The van der Waals surface area contributed by atoms with Crippen molar-refractivity contribution in [1.82, 2.24) is 0 Å². The van der Waals surface area contributed by atoms with E-state index in [9.17, 15) is 0 Å². The van der Waals surface area contributed by atoms with Gasteiger partial charge in [0.1, 0.15) is 5.75 Å². The average molecular weight is 391 g/mol. The molecule has 4 heteroatoms. The zero-order chi connectivity index (χ0) is 13.1. The van der Waals surface area contributed by atoms with Crippen molar-refractivity contribution in [2.45, 2.75) is 5.38 Å². The molecule has 0 aliphatic rings. The zero-order valence-corrected chi connectivity index (χ0v) is 13.6. The highest BCUT2D eigenvalue weighted by Gasteiger charge is 2.16. The van der Waals surface area contributed by atoms with E-state index < -0.39 is 0 Å². The summed E-state index contributed by atoms with van der Waals surface area (Å²) in [6, 6.07) is 13.8. The molecule has 0 amide bonds. The van der Waals surface area contributed by atoms with Crippen LogP contribution in [0.5, 0.6) is 5.75 Å². The Morgan fingerprint density at radius 2 is 1.67 bits per heavy atom. The number of hydrogen-bond donors (Lipinski definition) is 0. The minimum atomic E-state index is -0.208. The van der Waals surface area contributed by atoms with Crippen LogP contribution in [0.25, 0.3) is 0 Å². The smallest absolute Gasteiger partial charge is 0.120 e. The first-order valence-electron chi connectivity index (χ1n) is 5.35. The maximum atomic E-state index is 6.54. The molecule has 0 saturated heterocycles. The number of methoxy groups -OCH3 is 1. The number of hydrogen-bond acceptors (Lipinski definition) is 1. The lowest BCUT2D eigenvalue weighted by Crippen LogP contribution is -1.96. The summed E-state index contributed by atoms with van der Waals surface area (Å²) in [6.07, 6.45) is 0. The SMILES string of the molecule is COc1ccc(C(Cl)c2ccccc2Br)c(Br)c1. The quantitative estimate of drug-likeness (QED) is 0.625. The van der Waals surface area contributed by atoms with Crippen molar-refractivity contribution >= 4 is 43.5 Å². The van der Waals surface area contributed by atoms with E-state index in [2.05, 4.69) is 31.9 Å². The zero-order valence-electron chi connectivity index (χ0n) is 9.66. The van der Waals surface area contributed by atoms with Crippen LogP contribution in [0, 0.1) is 0 Å². The summed E-state index contributed by atoms with van der Waals surface area (Å²) in [7, 11) is 1.65. The molecule has 2 rings (SSSR count). The third-order valence-corrected chi connectivity index (χ3v) is 4.54. The Labute approximate surface area is 128 Å². The van der Waals surface area contributed by atoms with Crippen LogP contribution in [0.15, 0.2) is 51.4 Å². The number of halogens is 3. The minimum absolute atomic E-state index is 0.208. The number of ether oxygens (including phenoxy) is 1. The van der Waals surface area contributed by atoms with Gasteiger partial charge in [0.15, 0.2) is 0 Å². The van der Waals surface area contributed by atoms with E-state index in [0.717, 1.165) is 25.8 Å². The van der Waals surface area contributed by atoms with E-state index in [1.165, 1.54) is 0 Å². The van der Waals surface area contributed by atoms with Crippen LogP contribution in [0.3, 0.4) is 0 Å². The van der Waals surface area contributed by atoms with Crippen LogP contribution >= 0.6 is 43.5 Å². The highest BCUT2D eigenvalue weighted by molar-refractivity contribution is 9.10. The van der Waals surface area contributed by atoms with Crippen LogP contribution in [-0.4, -0.2) is 7.11 Å². The van der Waals surface area contributed by atoms with E-state index >= 15 is 0 Å². The normalized spacial score (nSPS) is 12.2. The second-order valence-electron chi connectivity index (χ2n) is 3.77. The second kappa shape index (κ2) is 6.09. The van der Waals surface area contributed by atoms with E-state index in [4.69, 9.17) is 16.3 Å². The molecule has 0 aliphatic carbocycles. The predicted molar refractivity (Wildman–Crippen MR) is 82.5 cm³/mol. The fraction of sp³-hybridized carbons (Fsp3) is 0.143. The van der Waals surface area contributed by atoms with Crippen LogP contribution in [-0.2, 0) is 0 Å². The van der Waals surface area contributed by atoms with Gasteiger partial charge in [0.2, 0.25) is 0 Å². The summed E-state index contributed by atoms with van der Waals surface area (Å²) < 4.78 is 7.13. The van der Waals surface area contributed by atoms with Crippen molar-refractivity contribution in [3.05, 3.63) is 62.5 Å². The third-order valence-electron chi connectivity index (χ3n) is 2.66. The van der Waals surface area contributed by atoms with Crippen molar-refractivity contribution in [3.63, 3.8) is 0 Å². The standard InChI is InChI=1S/C14H11Br2ClO/c1-18-9-6-7-11(13(16)8-9)14(17)10-4-2-3-5-12(10)15/h2-8,14H,1H3. The number of alkyl halides is 1. The fourth-order valence-electron chi connectivity index (χ4n) is 1.69. The molecule has 0 aromatic heterocycles. The van der Waals surface area contributed by atoms with Gasteiger partial charge in [0.25, 0.3) is 0 Å². The molecule has 0 radical (unpaired) electrons. The summed E-state index contributed by atoms with van der Waals surface area (Å²) in [5.74, 6) is 0.807. The minimum Gasteiger partial charge on any atom is -0.497 e. The molecule has 0 N–H and O–H groups in total. The summed E-state index contributed by atoms with van der Waals surface area (Å²) in [4.78, 5) is 0. The van der Waals surface area contributed by atoms with Gasteiger partial charge in [-0.3, -0.25) is 0 Å². The van der Waals surface area contributed by atoms with E-state index in [1.807, 2.05) is 42.5 Å². The van der Waals surface area contributed by atoms with Gasteiger partial charge < -0.3 is 4.74 Å². The van der Waals surface area contributed by atoms with Gasteiger partial charge in [-0.05, 0) is 29.3 Å². The first-order chi connectivity index (χ1) is 8.63. The Balaban J connectivity index is 2.40. The Morgan fingerprint density at radius 3 is 2.28 bits per heavy atom. The van der Waals surface area contributed by atoms with Crippen LogP contribution in [0.4, 0.5) is 0 Å². The number of benzene rings is 2. The second-order valence-corrected chi connectivity index (χ2v) is 5.92. The summed E-state index contributed by atoms with van der Waals surface area (Å²) in [5, 5.41) is -0.208. The predicted octanol–water partition coefficient (Wildman–Crippen LogP) is 5.55. The van der Waals surface area contributed by atoms with Crippen molar-refractivity contribution in [1.29, 1.82) is 0 Å². The molecule has 1 nitrogen and oxygen atoms in total. The number of rotatable bonds is 3. The molecule has 1 unspecified atom stereocenters. The largest absolute Gasteiger partial charge is 0.497 e. The molecule has 0 bridgehead atoms. The first-order valence-corrected chi connectivity index (χ1v) is 7.37. The Morgan fingerprint density at radius 1 is 1.00 bits per heavy atom. The average Bonchev–Trinajstić information content (AvgIpc) is 2.38. The van der Waals surface area contributed by atoms with Crippen LogP contribution < -0.4 is 4.74 Å². The van der Waals surface area contributed by atoms with E-state index in [-0.39, 0.29) is 5.38 Å². The lowest BCUT2D eigenvalue weighted by atomic mass is 10.0. The summed E-state index contributed by atoms with van der Waals surface area (Å²) in [5.41, 5.74) is 2.06. The van der Waals surface area contributed by atoms with Gasteiger partial charge in [-0.25, -0.2) is 0 Å². The van der Waals surface area contributed by atoms with Crippen molar-refractivity contribution < 1.29 is 4.74 Å². The molecule has 0 saturated carbocycles. The van der Waals surface area contributed by atoms with Gasteiger partial charge in [0, 0.05) is 8.95 Å². The van der Waals surface area contributed by atoms with Crippen molar-refractivity contribution in [2.24, 2.45) is 0 Å². The van der Waals surface area contributed by atoms with Gasteiger partial charge in [-0.15, -0.1) is 11.6 Å². The van der Waals surface area contributed by atoms with Gasteiger partial charge >= 0.3 is 0 Å². The van der Waals surface area contributed by atoms with Crippen LogP contribution in [0.1, 0.15) is 16.5 Å². The molecule has 94 valence electrons. The van der Waals surface area contributed by atoms with Crippen molar-refractivity contribution in [2.75, 3.05) is 7.11 Å². The summed E-state index contributed by atoms with van der Waals surface area (Å²) in [6.45, 7) is 0. The molecule has 0 spiro atoms. The molecule has 2 aromatic rings. The van der Waals surface area contributed by atoms with Gasteiger partial charge in [-0.2, -0.15) is 0 Å². The molecule has 0 aliphatic heterocycles. The molecule has 1 atom stereocenters. The maximum absolute atomic E-state index is 6.54. The Hall–Kier alpha value is -0.510. The van der Waals surface area contributed by atoms with Gasteiger partial charge in [0.05, 0.1) is 12.5 Å². The molecule has 18 heavy (non-hydrogen) atoms. The lowest BCUT2D eigenvalue weighted by Gasteiger charge is -2.14. The molecular formula is C14H11Br2ClO. The lowest BCUT2D eigenvalue weighted by molar-refractivity contribution is 0.414. The van der Waals surface area contributed by atoms with E-state index in [1.54, 1.807) is 7.11 Å². The van der Waals surface area contributed by atoms with Crippen LogP contribution in [0.2, 0.25) is 0 Å². The summed E-state index contributed by atoms with van der Waals surface area (Å²) >= 11 is 13.6. The Bertz CT molecular complexity index is 557. The Kier molecular flexibility index (Phi) is 4.71. The van der Waals surface area contributed by atoms with Crippen molar-refractivity contribution in [3.8, 4) is 5.75 Å². The highest BCUT2D eigenvalue weighted by Crippen LogP contribution is 2.38. The topological polar surface area (TPSA) is 9.23 Å².